The molecule has 178 valence electrons. The molecule has 0 aliphatic carbocycles. The molecule has 1 atom stereocenters. The summed E-state index contributed by atoms with van der Waals surface area (Å²) in [5.74, 6) is 2.12. The highest BCUT2D eigenvalue weighted by atomic mass is 16.1. The van der Waals surface area contributed by atoms with Gasteiger partial charge in [0.1, 0.15) is 11.3 Å². The van der Waals surface area contributed by atoms with Crippen LogP contribution in [0.25, 0.3) is 11.2 Å². The fourth-order valence-electron chi connectivity index (χ4n) is 3.83. The van der Waals surface area contributed by atoms with Crippen molar-refractivity contribution in [2.75, 3.05) is 30.8 Å². The lowest BCUT2D eigenvalue weighted by Gasteiger charge is -2.16. The standard InChI is InChI=1S/C25H37N7O/c1-4-6-8-18(5-2)17-28-22-14-13-21-23(31-22)32(16-7-15-26)25(30-21)29-20-11-9-19(10-12-20)24(33)27-3/h9-14,18H,4-8,15-17,26H2,1-3H3,(H,27,33)(H,28,31)(H,29,30). The van der Waals surface area contributed by atoms with Crippen LogP contribution in [0.1, 0.15) is 56.3 Å². The number of hydrogen-bond acceptors (Lipinski definition) is 6. The molecule has 0 aliphatic heterocycles. The molecule has 0 aliphatic rings. The number of rotatable bonds is 13. The Kier molecular flexibility index (Phi) is 9.06. The predicted molar refractivity (Wildman–Crippen MR) is 136 cm³/mol. The van der Waals surface area contributed by atoms with Crippen molar-refractivity contribution < 1.29 is 4.79 Å². The van der Waals surface area contributed by atoms with E-state index in [9.17, 15) is 4.79 Å². The molecule has 8 nitrogen and oxygen atoms in total. The van der Waals surface area contributed by atoms with Gasteiger partial charge in [-0.15, -0.1) is 0 Å². The number of hydrogen-bond donors (Lipinski definition) is 4. The van der Waals surface area contributed by atoms with Crippen molar-refractivity contribution in [3.05, 3.63) is 42.0 Å². The van der Waals surface area contributed by atoms with E-state index in [4.69, 9.17) is 15.7 Å². The summed E-state index contributed by atoms with van der Waals surface area (Å²) in [6.45, 7) is 6.72. The maximum absolute atomic E-state index is 11.8. The number of benzene rings is 1. The summed E-state index contributed by atoms with van der Waals surface area (Å²) in [6.07, 6.45) is 5.72. The fraction of sp³-hybridized carbons (Fsp3) is 0.480. The van der Waals surface area contributed by atoms with Crippen LogP contribution >= 0.6 is 0 Å². The highest BCUT2D eigenvalue weighted by Crippen LogP contribution is 2.24. The number of nitrogens with two attached hydrogens (primary N) is 1. The molecular weight excluding hydrogens is 414 g/mol. The lowest BCUT2D eigenvalue weighted by molar-refractivity contribution is 0.0963. The number of carbonyl (C=O) groups is 1. The zero-order valence-electron chi connectivity index (χ0n) is 20.0. The number of aromatic nitrogens is 3. The topological polar surface area (TPSA) is 110 Å². The molecule has 1 unspecified atom stereocenters. The minimum Gasteiger partial charge on any atom is -0.370 e. The largest absolute Gasteiger partial charge is 0.370 e. The smallest absolute Gasteiger partial charge is 0.251 e. The third-order valence-electron chi connectivity index (χ3n) is 5.92. The van der Waals surface area contributed by atoms with Crippen LogP contribution in [0.3, 0.4) is 0 Å². The summed E-state index contributed by atoms with van der Waals surface area (Å²) in [6, 6.07) is 11.3. The van der Waals surface area contributed by atoms with Gasteiger partial charge in [-0.2, -0.15) is 0 Å². The molecule has 8 heteroatoms. The molecule has 3 rings (SSSR count). The van der Waals surface area contributed by atoms with Gasteiger partial charge < -0.3 is 21.7 Å². The molecule has 3 aromatic rings. The van der Waals surface area contributed by atoms with E-state index in [1.165, 1.54) is 19.3 Å². The van der Waals surface area contributed by atoms with Crippen molar-refractivity contribution in [2.45, 2.75) is 52.5 Å². The Morgan fingerprint density at radius 2 is 1.88 bits per heavy atom. The van der Waals surface area contributed by atoms with Gasteiger partial charge in [-0.25, -0.2) is 9.97 Å². The number of imidazole rings is 1. The van der Waals surface area contributed by atoms with Crippen LogP contribution in [0.15, 0.2) is 36.4 Å². The van der Waals surface area contributed by atoms with Crippen LogP contribution in [-0.4, -0.2) is 40.6 Å². The van der Waals surface area contributed by atoms with E-state index in [-0.39, 0.29) is 5.91 Å². The molecule has 5 N–H and O–H groups in total. The van der Waals surface area contributed by atoms with E-state index in [0.717, 1.165) is 48.6 Å². The molecule has 2 aromatic heterocycles. The molecule has 0 spiro atoms. The SMILES string of the molecule is CCCCC(CC)CNc1ccc2nc(Nc3ccc(C(=O)NC)cc3)n(CCCN)c2n1. The second-order valence-corrected chi connectivity index (χ2v) is 8.35. The van der Waals surface area contributed by atoms with Gasteiger partial charge in [0, 0.05) is 31.4 Å². The van der Waals surface area contributed by atoms with Crippen molar-refractivity contribution >= 4 is 34.5 Å². The summed E-state index contributed by atoms with van der Waals surface area (Å²) in [5.41, 5.74) is 8.92. The Labute approximate surface area is 196 Å². The number of pyridine rings is 1. The molecule has 0 bridgehead atoms. The first kappa shape index (κ1) is 24.5. The van der Waals surface area contributed by atoms with Crippen molar-refractivity contribution in [2.24, 2.45) is 11.7 Å². The summed E-state index contributed by atoms with van der Waals surface area (Å²) in [4.78, 5) is 21.4. The fourth-order valence-corrected chi connectivity index (χ4v) is 3.83. The first-order chi connectivity index (χ1) is 16.1. The van der Waals surface area contributed by atoms with Gasteiger partial charge in [-0.05, 0) is 61.7 Å². The highest BCUT2D eigenvalue weighted by Gasteiger charge is 2.14. The highest BCUT2D eigenvalue weighted by molar-refractivity contribution is 5.94. The minimum absolute atomic E-state index is 0.110. The zero-order valence-corrected chi connectivity index (χ0v) is 20.0. The van der Waals surface area contributed by atoms with Crippen molar-refractivity contribution in [1.82, 2.24) is 19.9 Å². The maximum atomic E-state index is 11.8. The number of nitrogens with one attached hydrogen (secondary N) is 3. The van der Waals surface area contributed by atoms with Gasteiger partial charge >= 0.3 is 0 Å². The van der Waals surface area contributed by atoms with Gasteiger partial charge in [0.2, 0.25) is 5.95 Å². The van der Waals surface area contributed by atoms with E-state index in [0.29, 0.717) is 24.0 Å². The van der Waals surface area contributed by atoms with Crippen molar-refractivity contribution in [1.29, 1.82) is 0 Å². The third-order valence-corrected chi connectivity index (χ3v) is 5.92. The van der Waals surface area contributed by atoms with Gasteiger partial charge in [-0.3, -0.25) is 9.36 Å². The maximum Gasteiger partial charge on any atom is 0.251 e. The van der Waals surface area contributed by atoms with E-state index < -0.39 is 0 Å². The molecule has 0 fully saturated rings. The monoisotopic (exact) mass is 451 g/mol. The molecule has 0 radical (unpaired) electrons. The number of nitrogens with zero attached hydrogens (tertiary/aromatic N) is 3. The molecule has 0 saturated heterocycles. The Morgan fingerprint density at radius 1 is 1.09 bits per heavy atom. The number of carbonyl (C=O) groups excluding carboxylic acids is 1. The zero-order chi connectivity index (χ0) is 23.6. The number of aryl methyl sites for hydroxylation is 1. The van der Waals surface area contributed by atoms with Crippen LogP contribution in [0.4, 0.5) is 17.5 Å². The van der Waals surface area contributed by atoms with Gasteiger partial charge in [0.25, 0.3) is 5.91 Å². The van der Waals surface area contributed by atoms with E-state index in [1.54, 1.807) is 19.2 Å². The van der Waals surface area contributed by atoms with Crippen LogP contribution < -0.4 is 21.7 Å². The van der Waals surface area contributed by atoms with E-state index in [2.05, 4.69) is 34.4 Å². The molecule has 33 heavy (non-hydrogen) atoms. The Balaban J connectivity index is 1.82. The van der Waals surface area contributed by atoms with E-state index >= 15 is 0 Å². The average Bonchev–Trinajstić information content (AvgIpc) is 3.18. The Morgan fingerprint density at radius 3 is 2.55 bits per heavy atom. The summed E-state index contributed by atoms with van der Waals surface area (Å²) < 4.78 is 2.08. The van der Waals surface area contributed by atoms with Gasteiger partial charge in [0.05, 0.1) is 0 Å². The van der Waals surface area contributed by atoms with E-state index in [1.807, 2.05) is 24.3 Å². The normalized spacial score (nSPS) is 12.0. The first-order valence-electron chi connectivity index (χ1n) is 12.0. The number of amides is 1. The van der Waals surface area contributed by atoms with Gasteiger partial charge in [0.15, 0.2) is 5.65 Å². The Bertz CT molecular complexity index is 1030. The van der Waals surface area contributed by atoms with Crippen LogP contribution in [-0.2, 0) is 6.54 Å². The molecule has 2 heterocycles. The molecule has 1 amide bonds. The van der Waals surface area contributed by atoms with Crippen molar-refractivity contribution in [3.8, 4) is 0 Å². The Hall–Kier alpha value is -3.13. The summed E-state index contributed by atoms with van der Waals surface area (Å²) >= 11 is 0. The summed E-state index contributed by atoms with van der Waals surface area (Å²) in [5, 5.41) is 9.54. The molecular formula is C25H37N7O. The predicted octanol–water partition coefficient (Wildman–Crippen LogP) is 4.51. The molecule has 1 aromatic carbocycles. The minimum atomic E-state index is -0.110. The second kappa shape index (κ2) is 12.2. The van der Waals surface area contributed by atoms with Crippen molar-refractivity contribution in [3.63, 3.8) is 0 Å². The third kappa shape index (κ3) is 6.44. The lowest BCUT2D eigenvalue weighted by Crippen LogP contribution is -2.17. The number of fused-ring (bicyclic) bond motifs is 1. The number of anilines is 3. The first-order valence-corrected chi connectivity index (χ1v) is 12.0. The summed E-state index contributed by atoms with van der Waals surface area (Å²) in [7, 11) is 1.62. The van der Waals surface area contributed by atoms with Gasteiger partial charge in [-0.1, -0.05) is 33.1 Å². The van der Waals surface area contributed by atoms with Crippen LogP contribution in [0.5, 0.6) is 0 Å². The average molecular weight is 452 g/mol. The molecule has 0 saturated carbocycles. The lowest BCUT2D eigenvalue weighted by atomic mass is 9.99. The van der Waals surface area contributed by atoms with Crippen LogP contribution in [0.2, 0.25) is 0 Å². The number of unbranched alkanes of at least 4 members (excludes halogenated alkanes) is 1. The second-order valence-electron chi connectivity index (χ2n) is 8.35. The van der Waals surface area contributed by atoms with Crippen LogP contribution in [0, 0.1) is 5.92 Å². The quantitative estimate of drug-likeness (QED) is 0.304.